The fourth-order valence-electron chi connectivity index (χ4n) is 3.24. The number of furan rings is 1. The maximum atomic E-state index is 12.4. The van der Waals surface area contributed by atoms with Gasteiger partial charge in [-0.3, -0.25) is 4.79 Å². The van der Waals surface area contributed by atoms with Crippen LogP contribution in [-0.4, -0.2) is 40.2 Å². The van der Waals surface area contributed by atoms with Gasteiger partial charge in [-0.05, 0) is 42.9 Å². The molecule has 1 aromatic heterocycles. The molecule has 3 rings (SSSR count). The number of aliphatic hydroxyl groups excluding tert-OH is 2. The van der Waals surface area contributed by atoms with Gasteiger partial charge in [0.15, 0.2) is 5.76 Å². The van der Waals surface area contributed by atoms with E-state index in [1.807, 2.05) is 30.3 Å². The first-order chi connectivity index (χ1) is 11.7. The first kappa shape index (κ1) is 16.7. The van der Waals surface area contributed by atoms with Gasteiger partial charge in [-0.1, -0.05) is 30.3 Å². The van der Waals surface area contributed by atoms with Crippen LogP contribution < -0.4 is 0 Å². The van der Waals surface area contributed by atoms with Crippen molar-refractivity contribution < 1.29 is 19.4 Å². The van der Waals surface area contributed by atoms with Crippen molar-refractivity contribution in [2.75, 3.05) is 13.1 Å². The van der Waals surface area contributed by atoms with Crippen LogP contribution in [-0.2, 0) is 13.0 Å². The largest absolute Gasteiger partial charge is 0.453 e. The number of rotatable bonds is 5. The van der Waals surface area contributed by atoms with E-state index in [4.69, 9.17) is 9.52 Å². The third kappa shape index (κ3) is 3.86. The molecular formula is C19H23NO4. The fourth-order valence-corrected chi connectivity index (χ4v) is 3.24. The minimum Gasteiger partial charge on any atom is -0.453 e. The summed E-state index contributed by atoms with van der Waals surface area (Å²) in [5.74, 6) is 0.721. The van der Waals surface area contributed by atoms with E-state index in [0.29, 0.717) is 25.3 Å². The average Bonchev–Trinajstić information content (AvgIpc) is 3.11. The number of amides is 1. The Balaban J connectivity index is 1.52. The van der Waals surface area contributed by atoms with Gasteiger partial charge in [0.1, 0.15) is 12.4 Å². The van der Waals surface area contributed by atoms with Crippen LogP contribution in [0.4, 0.5) is 0 Å². The third-order valence-corrected chi connectivity index (χ3v) is 4.69. The van der Waals surface area contributed by atoms with Gasteiger partial charge in [-0.25, -0.2) is 0 Å². The second-order valence-corrected chi connectivity index (χ2v) is 6.31. The first-order valence-electron chi connectivity index (χ1n) is 8.38. The number of aliphatic hydroxyl groups is 2. The molecule has 1 aliphatic rings. The highest BCUT2D eigenvalue weighted by Crippen LogP contribution is 2.24. The van der Waals surface area contributed by atoms with Crippen molar-refractivity contribution in [3.8, 4) is 0 Å². The smallest absolute Gasteiger partial charge is 0.289 e. The van der Waals surface area contributed by atoms with E-state index < -0.39 is 0 Å². The molecule has 0 aliphatic carbocycles. The molecule has 24 heavy (non-hydrogen) atoms. The SMILES string of the molecule is O=C(c1ccc(CO)o1)N1CCC([C@H](O)Cc2ccccc2)CC1. The maximum absolute atomic E-state index is 12.4. The van der Waals surface area contributed by atoms with E-state index >= 15 is 0 Å². The van der Waals surface area contributed by atoms with Gasteiger partial charge in [-0.2, -0.15) is 0 Å². The predicted molar refractivity (Wildman–Crippen MR) is 89.4 cm³/mol. The second-order valence-electron chi connectivity index (χ2n) is 6.31. The Morgan fingerprint density at radius 1 is 1.17 bits per heavy atom. The van der Waals surface area contributed by atoms with Crippen LogP contribution in [0.5, 0.6) is 0 Å². The molecule has 1 saturated heterocycles. The zero-order valence-electron chi connectivity index (χ0n) is 13.6. The molecule has 128 valence electrons. The van der Waals surface area contributed by atoms with Crippen LogP contribution in [0.3, 0.4) is 0 Å². The molecule has 0 spiro atoms. The van der Waals surface area contributed by atoms with E-state index in [1.165, 1.54) is 0 Å². The lowest BCUT2D eigenvalue weighted by Crippen LogP contribution is -2.41. The van der Waals surface area contributed by atoms with Gasteiger partial charge >= 0.3 is 0 Å². The van der Waals surface area contributed by atoms with Crippen molar-refractivity contribution in [3.63, 3.8) is 0 Å². The Morgan fingerprint density at radius 2 is 1.88 bits per heavy atom. The molecule has 0 radical (unpaired) electrons. The van der Waals surface area contributed by atoms with Gasteiger partial charge in [0.05, 0.1) is 6.10 Å². The van der Waals surface area contributed by atoms with Gasteiger partial charge in [0.2, 0.25) is 0 Å². The minimum absolute atomic E-state index is 0.148. The maximum Gasteiger partial charge on any atom is 0.289 e. The Labute approximate surface area is 141 Å². The van der Waals surface area contributed by atoms with Gasteiger partial charge in [0.25, 0.3) is 5.91 Å². The van der Waals surface area contributed by atoms with E-state index in [0.717, 1.165) is 18.4 Å². The standard InChI is InChI=1S/C19H23NO4/c21-13-16-6-7-18(24-16)19(23)20-10-8-15(9-11-20)17(22)12-14-4-2-1-3-5-14/h1-7,15,17,21-22H,8-13H2/t17-/m1/s1. The Morgan fingerprint density at radius 3 is 2.50 bits per heavy atom. The monoisotopic (exact) mass is 329 g/mol. The van der Waals surface area contributed by atoms with Crippen molar-refractivity contribution in [1.29, 1.82) is 0 Å². The Hall–Kier alpha value is -2.11. The lowest BCUT2D eigenvalue weighted by Gasteiger charge is -2.34. The fraction of sp³-hybridized carbons (Fsp3) is 0.421. The zero-order chi connectivity index (χ0) is 16.9. The van der Waals surface area contributed by atoms with Crippen LogP contribution in [0, 0.1) is 5.92 Å². The highest BCUT2D eigenvalue weighted by molar-refractivity contribution is 5.91. The lowest BCUT2D eigenvalue weighted by atomic mass is 9.88. The summed E-state index contributed by atoms with van der Waals surface area (Å²) in [5.41, 5.74) is 1.13. The van der Waals surface area contributed by atoms with E-state index in [1.54, 1.807) is 17.0 Å². The van der Waals surface area contributed by atoms with Crippen LogP contribution in [0.25, 0.3) is 0 Å². The number of hydrogen-bond donors (Lipinski definition) is 2. The quantitative estimate of drug-likeness (QED) is 0.882. The van der Waals surface area contributed by atoms with Crippen molar-refractivity contribution in [2.45, 2.75) is 32.0 Å². The molecule has 0 bridgehead atoms. The average molecular weight is 329 g/mol. The minimum atomic E-state index is -0.380. The van der Waals surface area contributed by atoms with Crippen molar-refractivity contribution in [2.24, 2.45) is 5.92 Å². The molecule has 1 fully saturated rings. The van der Waals surface area contributed by atoms with Gasteiger partial charge in [0, 0.05) is 13.1 Å². The molecule has 5 heteroatoms. The topological polar surface area (TPSA) is 73.9 Å². The molecule has 2 heterocycles. The number of likely N-dealkylation sites (tertiary alicyclic amines) is 1. The highest BCUT2D eigenvalue weighted by Gasteiger charge is 2.29. The van der Waals surface area contributed by atoms with Crippen LogP contribution in [0.15, 0.2) is 46.9 Å². The summed E-state index contributed by atoms with van der Waals surface area (Å²) in [6.45, 7) is 1.02. The molecule has 1 aliphatic heterocycles. The Bertz CT molecular complexity index is 659. The molecule has 0 saturated carbocycles. The second kappa shape index (κ2) is 7.64. The van der Waals surface area contributed by atoms with E-state index in [2.05, 4.69) is 0 Å². The summed E-state index contributed by atoms with van der Waals surface area (Å²) in [7, 11) is 0. The number of nitrogens with zero attached hydrogens (tertiary/aromatic N) is 1. The van der Waals surface area contributed by atoms with Crippen LogP contribution in [0.1, 0.15) is 34.7 Å². The normalized spacial score (nSPS) is 17.0. The summed E-state index contributed by atoms with van der Waals surface area (Å²) in [6.07, 6.45) is 1.84. The molecule has 0 unspecified atom stereocenters. The number of carbonyl (C=O) groups excluding carboxylic acids is 1. The Kier molecular flexibility index (Phi) is 5.33. The molecule has 1 atom stereocenters. The van der Waals surface area contributed by atoms with Crippen LogP contribution >= 0.6 is 0 Å². The highest BCUT2D eigenvalue weighted by atomic mass is 16.4. The summed E-state index contributed by atoms with van der Waals surface area (Å²) in [5, 5.41) is 19.5. The summed E-state index contributed by atoms with van der Waals surface area (Å²) in [6, 6.07) is 13.2. The number of carbonyl (C=O) groups is 1. The number of piperidine rings is 1. The van der Waals surface area contributed by atoms with Gasteiger partial charge in [-0.15, -0.1) is 0 Å². The van der Waals surface area contributed by atoms with Crippen molar-refractivity contribution >= 4 is 5.91 Å². The predicted octanol–water partition coefficient (Wildman–Crippen LogP) is 2.23. The molecule has 5 nitrogen and oxygen atoms in total. The number of hydrogen-bond acceptors (Lipinski definition) is 4. The van der Waals surface area contributed by atoms with E-state index in [-0.39, 0.29) is 30.3 Å². The molecular weight excluding hydrogens is 306 g/mol. The number of benzene rings is 1. The molecule has 2 aromatic rings. The molecule has 2 N–H and O–H groups in total. The van der Waals surface area contributed by atoms with Gasteiger partial charge < -0.3 is 19.5 Å². The summed E-state index contributed by atoms with van der Waals surface area (Å²) in [4.78, 5) is 14.1. The zero-order valence-corrected chi connectivity index (χ0v) is 13.6. The summed E-state index contributed by atoms with van der Waals surface area (Å²) < 4.78 is 5.31. The molecule has 1 amide bonds. The summed E-state index contributed by atoms with van der Waals surface area (Å²) >= 11 is 0. The van der Waals surface area contributed by atoms with Crippen molar-refractivity contribution in [1.82, 2.24) is 4.90 Å². The van der Waals surface area contributed by atoms with E-state index in [9.17, 15) is 9.90 Å². The van der Waals surface area contributed by atoms with Crippen LogP contribution in [0.2, 0.25) is 0 Å². The first-order valence-corrected chi connectivity index (χ1v) is 8.38. The lowest BCUT2D eigenvalue weighted by molar-refractivity contribution is 0.0445. The molecule has 1 aromatic carbocycles. The van der Waals surface area contributed by atoms with Crippen molar-refractivity contribution in [3.05, 3.63) is 59.5 Å². The third-order valence-electron chi connectivity index (χ3n) is 4.69.